The van der Waals surface area contributed by atoms with Crippen LogP contribution in [-0.4, -0.2) is 59.6 Å². The number of hydrogen-bond donors (Lipinski definition) is 3. The Morgan fingerprint density at radius 1 is 1.00 bits per heavy atom. The van der Waals surface area contributed by atoms with Gasteiger partial charge in [-0.3, -0.25) is 0 Å². The van der Waals surface area contributed by atoms with Crippen molar-refractivity contribution in [1.29, 1.82) is 0 Å². The molecule has 0 aliphatic carbocycles. The van der Waals surface area contributed by atoms with Crippen molar-refractivity contribution in [1.82, 2.24) is 0 Å². The van der Waals surface area contributed by atoms with Crippen LogP contribution in [-0.2, 0) is 9.47 Å². The highest BCUT2D eigenvalue weighted by molar-refractivity contribution is 4.89. The maximum atomic E-state index is 10.0. The topological polar surface area (TPSA) is 79.2 Å². The standard InChI is InChI=1S/C21H40O5/c1-2-3-4-5-6-7-8-9-10-11-12-13-14-15-25-19-17-26-21(20(19)24)18(23)16-22/h12-13,18-24H,2-11,14-17H2,1H3/b13-12+/t18-,19+,20-,21-/m1/s1. The molecule has 0 aromatic carbocycles. The van der Waals surface area contributed by atoms with Gasteiger partial charge in [-0.25, -0.2) is 0 Å². The van der Waals surface area contributed by atoms with Crippen LogP contribution in [0.15, 0.2) is 12.2 Å². The number of aliphatic hydroxyl groups is 3. The summed E-state index contributed by atoms with van der Waals surface area (Å²) in [5.74, 6) is 0. The van der Waals surface area contributed by atoms with E-state index in [2.05, 4.69) is 19.1 Å². The molecular formula is C21H40O5. The van der Waals surface area contributed by atoms with Gasteiger partial charge < -0.3 is 24.8 Å². The summed E-state index contributed by atoms with van der Waals surface area (Å²) in [7, 11) is 0. The molecule has 0 radical (unpaired) electrons. The lowest BCUT2D eigenvalue weighted by Gasteiger charge is -2.20. The highest BCUT2D eigenvalue weighted by Gasteiger charge is 2.40. The van der Waals surface area contributed by atoms with Gasteiger partial charge in [0, 0.05) is 0 Å². The van der Waals surface area contributed by atoms with E-state index >= 15 is 0 Å². The Balaban J connectivity index is 1.91. The maximum absolute atomic E-state index is 10.0. The fourth-order valence-corrected chi connectivity index (χ4v) is 3.30. The van der Waals surface area contributed by atoms with Crippen LogP contribution in [0.1, 0.15) is 77.6 Å². The second kappa shape index (κ2) is 15.6. The Labute approximate surface area is 159 Å². The molecule has 0 unspecified atom stereocenters. The first-order chi connectivity index (χ1) is 12.7. The second-order valence-corrected chi connectivity index (χ2v) is 7.32. The third kappa shape index (κ3) is 10.0. The Hall–Kier alpha value is -0.460. The molecule has 3 N–H and O–H groups in total. The number of ether oxygens (including phenoxy) is 2. The molecule has 0 aromatic heterocycles. The van der Waals surface area contributed by atoms with Crippen molar-refractivity contribution in [3.05, 3.63) is 12.2 Å². The van der Waals surface area contributed by atoms with Crippen molar-refractivity contribution in [2.45, 2.75) is 102 Å². The average molecular weight is 373 g/mol. The molecule has 1 heterocycles. The molecule has 1 rings (SSSR count). The van der Waals surface area contributed by atoms with E-state index in [1.54, 1.807) is 0 Å². The summed E-state index contributed by atoms with van der Waals surface area (Å²) in [6.45, 7) is 2.62. The van der Waals surface area contributed by atoms with E-state index in [9.17, 15) is 10.2 Å². The van der Waals surface area contributed by atoms with E-state index in [4.69, 9.17) is 14.6 Å². The molecule has 1 aliphatic rings. The molecule has 1 aliphatic heterocycles. The number of rotatable bonds is 16. The van der Waals surface area contributed by atoms with Crippen LogP contribution in [0.5, 0.6) is 0 Å². The van der Waals surface area contributed by atoms with Gasteiger partial charge in [-0.1, -0.05) is 70.4 Å². The normalized spacial score (nSPS) is 24.5. The Morgan fingerprint density at radius 3 is 2.27 bits per heavy atom. The predicted octanol–water partition coefficient (Wildman–Crippen LogP) is 3.35. The Bertz CT molecular complexity index is 347. The van der Waals surface area contributed by atoms with Crippen LogP contribution in [0, 0.1) is 0 Å². The van der Waals surface area contributed by atoms with Crippen LogP contribution >= 0.6 is 0 Å². The first kappa shape index (κ1) is 23.6. The molecule has 26 heavy (non-hydrogen) atoms. The van der Waals surface area contributed by atoms with Crippen molar-refractivity contribution in [2.75, 3.05) is 19.8 Å². The highest BCUT2D eigenvalue weighted by atomic mass is 16.6. The van der Waals surface area contributed by atoms with E-state index in [1.165, 1.54) is 57.8 Å². The van der Waals surface area contributed by atoms with E-state index in [0.717, 1.165) is 12.8 Å². The van der Waals surface area contributed by atoms with E-state index in [0.29, 0.717) is 6.61 Å². The first-order valence-corrected chi connectivity index (χ1v) is 10.6. The van der Waals surface area contributed by atoms with Crippen LogP contribution in [0.25, 0.3) is 0 Å². The zero-order valence-corrected chi connectivity index (χ0v) is 16.5. The summed E-state index contributed by atoms with van der Waals surface area (Å²) in [4.78, 5) is 0. The monoisotopic (exact) mass is 372 g/mol. The highest BCUT2D eigenvalue weighted by Crippen LogP contribution is 2.20. The molecule has 154 valence electrons. The largest absolute Gasteiger partial charge is 0.394 e. The van der Waals surface area contributed by atoms with Gasteiger partial charge in [0.05, 0.1) is 19.8 Å². The lowest BCUT2D eigenvalue weighted by Crippen LogP contribution is -2.41. The molecule has 4 atom stereocenters. The summed E-state index contributed by atoms with van der Waals surface area (Å²) in [5, 5.41) is 28.5. The summed E-state index contributed by atoms with van der Waals surface area (Å²) in [6.07, 6.45) is 15.3. The van der Waals surface area contributed by atoms with Gasteiger partial charge in [-0.2, -0.15) is 0 Å². The van der Waals surface area contributed by atoms with Gasteiger partial charge in [0.15, 0.2) is 0 Å². The molecule has 0 bridgehead atoms. The molecule has 5 heteroatoms. The zero-order valence-electron chi connectivity index (χ0n) is 16.5. The molecular weight excluding hydrogens is 332 g/mol. The van der Waals surface area contributed by atoms with Gasteiger partial charge >= 0.3 is 0 Å². The van der Waals surface area contributed by atoms with Crippen LogP contribution in [0.4, 0.5) is 0 Å². The van der Waals surface area contributed by atoms with Gasteiger partial charge in [-0.15, -0.1) is 0 Å². The van der Waals surface area contributed by atoms with Crippen molar-refractivity contribution in [2.24, 2.45) is 0 Å². The number of aliphatic hydroxyl groups excluding tert-OH is 3. The predicted molar refractivity (Wildman–Crippen MR) is 104 cm³/mol. The molecule has 0 spiro atoms. The summed E-state index contributed by atoms with van der Waals surface area (Å²) in [6, 6.07) is 0. The minimum Gasteiger partial charge on any atom is -0.394 e. The Morgan fingerprint density at radius 2 is 1.62 bits per heavy atom. The van der Waals surface area contributed by atoms with Crippen LogP contribution in [0.3, 0.4) is 0 Å². The fraction of sp³-hybridized carbons (Fsp3) is 0.905. The number of allylic oxidation sites excluding steroid dienone is 1. The second-order valence-electron chi connectivity index (χ2n) is 7.32. The summed E-state index contributed by atoms with van der Waals surface area (Å²) < 4.78 is 10.9. The molecule has 1 saturated heterocycles. The molecule has 5 nitrogen and oxygen atoms in total. The van der Waals surface area contributed by atoms with Crippen molar-refractivity contribution < 1.29 is 24.8 Å². The SMILES string of the molecule is CCCCCCCCCCC/C=C/CCO[C@H]1CO[C@H]([C@H](O)CO)[C@@H]1O. The third-order valence-corrected chi connectivity index (χ3v) is 4.99. The minimum atomic E-state index is -1.06. The van der Waals surface area contributed by atoms with E-state index < -0.39 is 31.0 Å². The molecule has 0 aromatic rings. The minimum absolute atomic E-state index is 0.255. The van der Waals surface area contributed by atoms with Gasteiger partial charge in [0.25, 0.3) is 0 Å². The lowest BCUT2D eigenvalue weighted by atomic mass is 10.1. The molecule has 0 amide bonds. The van der Waals surface area contributed by atoms with Gasteiger partial charge in [-0.05, 0) is 19.3 Å². The lowest BCUT2D eigenvalue weighted by molar-refractivity contribution is -0.0726. The maximum Gasteiger partial charge on any atom is 0.114 e. The molecule has 1 fully saturated rings. The Kier molecular flexibility index (Phi) is 14.1. The van der Waals surface area contributed by atoms with Crippen molar-refractivity contribution >= 4 is 0 Å². The third-order valence-electron chi connectivity index (χ3n) is 4.99. The summed E-state index contributed by atoms with van der Waals surface area (Å²) in [5.41, 5.74) is 0. The van der Waals surface area contributed by atoms with E-state index in [-0.39, 0.29) is 6.61 Å². The first-order valence-electron chi connectivity index (χ1n) is 10.6. The zero-order chi connectivity index (χ0) is 19.0. The van der Waals surface area contributed by atoms with Crippen molar-refractivity contribution in [3.63, 3.8) is 0 Å². The van der Waals surface area contributed by atoms with Gasteiger partial charge in [0.2, 0.25) is 0 Å². The van der Waals surface area contributed by atoms with Crippen molar-refractivity contribution in [3.8, 4) is 0 Å². The van der Waals surface area contributed by atoms with Crippen LogP contribution in [0.2, 0.25) is 0 Å². The summed E-state index contributed by atoms with van der Waals surface area (Å²) >= 11 is 0. The molecule has 0 saturated carbocycles. The van der Waals surface area contributed by atoms with Gasteiger partial charge in [0.1, 0.15) is 24.4 Å². The number of unbranched alkanes of at least 4 members (excludes halogenated alkanes) is 9. The smallest absolute Gasteiger partial charge is 0.114 e. The number of hydrogen-bond acceptors (Lipinski definition) is 5. The average Bonchev–Trinajstić information content (AvgIpc) is 3.02. The quantitative estimate of drug-likeness (QED) is 0.286. The van der Waals surface area contributed by atoms with Crippen LogP contribution < -0.4 is 0 Å². The van der Waals surface area contributed by atoms with E-state index in [1.807, 2.05) is 0 Å². The fourth-order valence-electron chi connectivity index (χ4n) is 3.30.